The van der Waals surface area contributed by atoms with Gasteiger partial charge in [0.05, 0.1) is 13.0 Å². The first-order valence-corrected chi connectivity index (χ1v) is 26.1. The highest BCUT2D eigenvalue weighted by Crippen LogP contribution is 2.15. The lowest BCUT2D eigenvalue weighted by molar-refractivity contribution is -0.162. The van der Waals surface area contributed by atoms with Crippen molar-refractivity contribution < 1.29 is 23.8 Å². The first-order chi connectivity index (χ1) is 30.6. The van der Waals surface area contributed by atoms with Crippen LogP contribution in [-0.4, -0.2) is 37.9 Å². The van der Waals surface area contributed by atoms with E-state index in [2.05, 4.69) is 93.7 Å². The monoisotopic (exact) mass is 863 g/mol. The molecule has 0 bridgehead atoms. The van der Waals surface area contributed by atoms with Gasteiger partial charge in [0, 0.05) is 13.0 Å². The van der Waals surface area contributed by atoms with Gasteiger partial charge in [0.1, 0.15) is 6.61 Å². The zero-order chi connectivity index (χ0) is 44.9. The molecule has 0 spiro atoms. The number of esters is 2. The minimum atomic E-state index is -0.597. The van der Waals surface area contributed by atoms with Gasteiger partial charge < -0.3 is 14.2 Å². The largest absolute Gasteiger partial charge is 0.462 e. The van der Waals surface area contributed by atoms with Gasteiger partial charge in [0.15, 0.2) is 6.10 Å². The van der Waals surface area contributed by atoms with Crippen LogP contribution in [0, 0.1) is 0 Å². The first-order valence-electron chi connectivity index (χ1n) is 26.1. The Balaban J connectivity index is 4.37. The highest BCUT2D eigenvalue weighted by Gasteiger charge is 2.17. The molecule has 0 aliphatic rings. The van der Waals surface area contributed by atoms with Crippen molar-refractivity contribution in [1.29, 1.82) is 0 Å². The molecule has 1 atom stereocenters. The van der Waals surface area contributed by atoms with Gasteiger partial charge in [-0.25, -0.2) is 0 Å². The Morgan fingerprint density at radius 2 is 0.806 bits per heavy atom. The molecule has 0 aromatic rings. The van der Waals surface area contributed by atoms with E-state index in [-0.39, 0.29) is 31.6 Å². The van der Waals surface area contributed by atoms with E-state index in [4.69, 9.17) is 14.2 Å². The summed E-state index contributed by atoms with van der Waals surface area (Å²) in [5, 5.41) is 0. The summed E-state index contributed by atoms with van der Waals surface area (Å²) in [6.45, 7) is 7.54. The summed E-state index contributed by atoms with van der Waals surface area (Å²) in [5.41, 5.74) is 0. The standard InChI is InChI=1S/C57H98O5/c1-4-7-10-13-16-19-22-25-28-29-31-32-35-38-41-44-47-50-56(58)61-54-55(53-60-52-49-46-43-40-37-34-27-24-21-18-15-12-9-6-3)62-57(59)51-48-45-42-39-36-33-30-26-23-20-17-14-11-8-5-2/h8,11-12,15,17,20-21,24,26,30,36,39,45,48,55H,4-7,9-10,13-14,16,18-19,22-23,25,27-29,31-35,37-38,40-44,46-47,49-54H2,1-3H3/b11-8-,15-12-,20-17-,24-21-,30-26-,39-36-,48-45-. The molecule has 0 rings (SSSR count). The second-order valence-electron chi connectivity index (χ2n) is 17.1. The summed E-state index contributed by atoms with van der Waals surface area (Å²) in [6.07, 6.45) is 69.0. The summed E-state index contributed by atoms with van der Waals surface area (Å²) in [5.74, 6) is -0.545. The number of hydrogen-bond acceptors (Lipinski definition) is 5. The summed E-state index contributed by atoms with van der Waals surface area (Å²) < 4.78 is 17.3. The van der Waals surface area contributed by atoms with E-state index in [0.717, 1.165) is 70.6 Å². The van der Waals surface area contributed by atoms with Crippen LogP contribution in [0.25, 0.3) is 0 Å². The number of ether oxygens (including phenoxy) is 3. The molecule has 0 fully saturated rings. The highest BCUT2D eigenvalue weighted by atomic mass is 16.6. The Labute approximate surface area is 384 Å². The molecular formula is C57H98O5. The molecule has 0 saturated carbocycles. The molecule has 5 heteroatoms. The summed E-state index contributed by atoms with van der Waals surface area (Å²) in [6, 6.07) is 0. The number of allylic oxidation sites excluding steroid dienone is 13. The van der Waals surface area contributed by atoms with E-state index in [1.807, 2.05) is 12.2 Å². The molecule has 5 nitrogen and oxygen atoms in total. The molecule has 0 N–H and O–H groups in total. The highest BCUT2D eigenvalue weighted by molar-refractivity contribution is 5.71. The summed E-state index contributed by atoms with van der Waals surface area (Å²) in [4.78, 5) is 25.3. The fraction of sp³-hybridized carbons (Fsp3) is 0.719. The van der Waals surface area contributed by atoms with E-state index in [9.17, 15) is 9.59 Å². The number of rotatable bonds is 47. The molecular weight excluding hydrogens is 765 g/mol. The fourth-order valence-electron chi connectivity index (χ4n) is 7.09. The van der Waals surface area contributed by atoms with Gasteiger partial charge >= 0.3 is 11.9 Å². The van der Waals surface area contributed by atoms with Crippen LogP contribution in [0.3, 0.4) is 0 Å². The van der Waals surface area contributed by atoms with Crippen LogP contribution in [0.5, 0.6) is 0 Å². The Bertz CT molecular complexity index is 1160. The molecule has 0 aromatic heterocycles. The maximum absolute atomic E-state index is 12.7. The maximum Gasteiger partial charge on any atom is 0.310 e. The first kappa shape index (κ1) is 59.1. The van der Waals surface area contributed by atoms with Crippen molar-refractivity contribution in [1.82, 2.24) is 0 Å². The van der Waals surface area contributed by atoms with Crippen LogP contribution in [0.1, 0.15) is 239 Å². The topological polar surface area (TPSA) is 61.8 Å². The zero-order valence-electron chi connectivity index (χ0n) is 40.9. The van der Waals surface area contributed by atoms with E-state index >= 15 is 0 Å². The Hall–Kier alpha value is -2.92. The van der Waals surface area contributed by atoms with Crippen LogP contribution >= 0.6 is 0 Å². The Morgan fingerprint density at radius 1 is 0.387 bits per heavy atom. The zero-order valence-corrected chi connectivity index (χ0v) is 40.9. The molecule has 0 radical (unpaired) electrons. The van der Waals surface area contributed by atoms with Gasteiger partial charge in [-0.2, -0.15) is 0 Å². The molecule has 1 unspecified atom stereocenters. The normalized spacial score (nSPS) is 12.9. The Morgan fingerprint density at radius 3 is 1.31 bits per heavy atom. The van der Waals surface area contributed by atoms with Gasteiger partial charge in [0.2, 0.25) is 0 Å². The van der Waals surface area contributed by atoms with Gasteiger partial charge in [-0.15, -0.1) is 0 Å². The van der Waals surface area contributed by atoms with Crippen LogP contribution in [0.4, 0.5) is 0 Å². The summed E-state index contributed by atoms with van der Waals surface area (Å²) in [7, 11) is 0. The van der Waals surface area contributed by atoms with E-state index in [1.165, 1.54) is 135 Å². The third kappa shape index (κ3) is 49.7. The molecule has 0 saturated heterocycles. The molecule has 0 aromatic carbocycles. The van der Waals surface area contributed by atoms with E-state index in [0.29, 0.717) is 13.0 Å². The number of unbranched alkanes of at least 4 members (excludes halogenated alkanes) is 23. The third-order valence-electron chi connectivity index (χ3n) is 10.9. The number of hydrogen-bond donors (Lipinski definition) is 0. The van der Waals surface area contributed by atoms with Crippen molar-refractivity contribution in [2.75, 3.05) is 19.8 Å². The minimum Gasteiger partial charge on any atom is -0.462 e. The third-order valence-corrected chi connectivity index (χ3v) is 10.9. The van der Waals surface area contributed by atoms with Gasteiger partial charge in [-0.3, -0.25) is 9.59 Å². The predicted molar refractivity (Wildman–Crippen MR) is 270 cm³/mol. The van der Waals surface area contributed by atoms with E-state index < -0.39 is 6.10 Å². The van der Waals surface area contributed by atoms with Crippen LogP contribution in [-0.2, 0) is 23.8 Å². The lowest BCUT2D eigenvalue weighted by Crippen LogP contribution is -2.29. The quantitative estimate of drug-likeness (QED) is 0.0346. The molecule has 356 valence electrons. The van der Waals surface area contributed by atoms with Crippen LogP contribution in [0.15, 0.2) is 85.1 Å². The van der Waals surface area contributed by atoms with E-state index in [1.54, 1.807) is 0 Å². The molecule has 0 aliphatic heterocycles. The smallest absolute Gasteiger partial charge is 0.310 e. The average molecular weight is 863 g/mol. The van der Waals surface area contributed by atoms with Crippen molar-refractivity contribution in [3.05, 3.63) is 85.1 Å². The molecule has 62 heavy (non-hydrogen) atoms. The summed E-state index contributed by atoms with van der Waals surface area (Å²) >= 11 is 0. The van der Waals surface area contributed by atoms with Crippen molar-refractivity contribution in [3.8, 4) is 0 Å². The second kappa shape index (κ2) is 52.4. The Kier molecular flexibility index (Phi) is 50.0. The number of carbonyl (C=O) groups excluding carboxylic acids is 2. The lowest BCUT2D eigenvalue weighted by Gasteiger charge is -2.18. The fourth-order valence-corrected chi connectivity index (χ4v) is 7.09. The lowest BCUT2D eigenvalue weighted by atomic mass is 10.0. The maximum atomic E-state index is 12.7. The second-order valence-corrected chi connectivity index (χ2v) is 17.1. The van der Waals surface area contributed by atoms with Crippen LogP contribution in [0.2, 0.25) is 0 Å². The predicted octanol–water partition coefficient (Wildman–Crippen LogP) is 17.7. The molecule has 0 amide bonds. The van der Waals surface area contributed by atoms with Crippen molar-refractivity contribution >= 4 is 11.9 Å². The van der Waals surface area contributed by atoms with Crippen molar-refractivity contribution in [2.24, 2.45) is 0 Å². The van der Waals surface area contributed by atoms with Gasteiger partial charge in [0.25, 0.3) is 0 Å². The SMILES string of the molecule is CC/C=C\C/C=C\C/C=C\C/C=C\C/C=C\CC(=O)OC(COCCCCCCCC/C=C\C/C=C\CCC)COC(=O)CCCCCCCCCCCCCCCCCCC. The van der Waals surface area contributed by atoms with Gasteiger partial charge in [-0.1, -0.05) is 241 Å². The number of carbonyl (C=O) groups is 2. The molecule has 0 heterocycles. The minimum absolute atomic E-state index is 0.0403. The molecule has 0 aliphatic carbocycles. The average Bonchev–Trinajstić information content (AvgIpc) is 3.27. The van der Waals surface area contributed by atoms with Crippen LogP contribution < -0.4 is 0 Å². The van der Waals surface area contributed by atoms with Gasteiger partial charge in [-0.05, 0) is 70.6 Å². The van der Waals surface area contributed by atoms with Crippen molar-refractivity contribution in [3.63, 3.8) is 0 Å². The van der Waals surface area contributed by atoms with Crippen molar-refractivity contribution in [2.45, 2.75) is 245 Å².